The van der Waals surface area contributed by atoms with E-state index < -0.39 is 0 Å². The van der Waals surface area contributed by atoms with E-state index in [9.17, 15) is 5.11 Å². The third-order valence-corrected chi connectivity index (χ3v) is 7.44. The van der Waals surface area contributed by atoms with Crippen molar-refractivity contribution < 1.29 is 5.11 Å². The summed E-state index contributed by atoms with van der Waals surface area (Å²) in [7, 11) is 0. The highest BCUT2D eigenvalue weighted by molar-refractivity contribution is 7.87. The molecule has 3 fully saturated rings. The number of rotatable bonds is 1. The molecular formula is C11H18OS3. The summed E-state index contributed by atoms with van der Waals surface area (Å²) in [6, 6.07) is 0. The van der Waals surface area contributed by atoms with E-state index in [2.05, 4.69) is 12.6 Å². The van der Waals surface area contributed by atoms with Gasteiger partial charge in [0.25, 0.3) is 0 Å². The van der Waals surface area contributed by atoms with Crippen LogP contribution in [-0.4, -0.2) is 27.5 Å². The molecule has 4 heteroatoms. The van der Waals surface area contributed by atoms with Gasteiger partial charge in [0.1, 0.15) is 0 Å². The van der Waals surface area contributed by atoms with E-state index in [0.29, 0.717) is 46.0 Å². The zero-order chi connectivity index (χ0) is 10.7. The molecule has 3 aliphatic rings. The van der Waals surface area contributed by atoms with E-state index in [0.717, 1.165) is 5.92 Å². The van der Waals surface area contributed by atoms with Crippen LogP contribution < -0.4 is 0 Å². The van der Waals surface area contributed by atoms with Gasteiger partial charge in [-0.15, -0.1) is 0 Å². The van der Waals surface area contributed by atoms with Crippen molar-refractivity contribution in [3.8, 4) is 0 Å². The molecule has 0 amide bonds. The Hall–Kier alpha value is 1.01. The Morgan fingerprint density at radius 3 is 2.27 bits per heavy atom. The quantitative estimate of drug-likeness (QED) is 0.531. The Labute approximate surface area is 108 Å². The average molecular weight is 262 g/mol. The van der Waals surface area contributed by atoms with Gasteiger partial charge in [-0.1, -0.05) is 0 Å². The van der Waals surface area contributed by atoms with Crippen LogP contribution in [0.5, 0.6) is 0 Å². The minimum absolute atomic E-state index is 0.328. The average Bonchev–Trinajstić information content (AvgIpc) is 2.86. The maximum atomic E-state index is 9.36. The van der Waals surface area contributed by atoms with E-state index in [1.165, 1.54) is 12.8 Å². The van der Waals surface area contributed by atoms with Crippen LogP contribution >= 0.6 is 37.9 Å². The third-order valence-electron chi connectivity index (χ3n) is 4.99. The molecule has 2 bridgehead atoms. The minimum Gasteiger partial charge on any atom is -0.396 e. The minimum atomic E-state index is 0.328. The normalized spacial score (nSPS) is 62.4. The van der Waals surface area contributed by atoms with Crippen molar-refractivity contribution in [3.05, 3.63) is 0 Å². The highest BCUT2D eigenvalue weighted by atomic mass is 32.1. The standard InChI is InChI=1S/C11H18OS3/c12-3-5-1-4-2-6(5)8-7(4)9(13)11(15)10(8)14/h4-15H,1-3H2. The fourth-order valence-corrected chi connectivity index (χ4v) is 6.21. The second-order valence-corrected chi connectivity index (χ2v) is 7.25. The van der Waals surface area contributed by atoms with Crippen molar-refractivity contribution in [2.75, 3.05) is 6.61 Å². The monoisotopic (exact) mass is 262 g/mol. The molecule has 0 aliphatic heterocycles. The van der Waals surface area contributed by atoms with Crippen molar-refractivity contribution in [1.29, 1.82) is 0 Å². The van der Waals surface area contributed by atoms with E-state index in [4.69, 9.17) is 25.3 Å². The molecule has 8 atom stereocenters. The summed E-state index contributed by atoms with van der Waals surface area (Å²) in [5.41, 5.74) is 0. The lowest BCUT2D eigenvalue weighted by Gasteiger charge is -2.33. The zero-order valence-corrected chi connectivity index (χ0v) is 11.2. The first-order valence-corrected chi connectivity index (χ1v) is 7.35. The summed E-state index contributed by atoms with van der Waals surface area (Å²) in [6.45, 7) is 0.360. The molecule has 0 aromatic rings. The van der Waals surface area contributed by atoms with Crippen LogP contribution in [0.3, 0.4) is 0 Å². The Balaban J connectivity index is 1.89. The molecule has 86 valence electrons. The van der Waals surface area contributed by atoms with Gasteiger partial charge < -0.3 is 5.11 Å². The number of thiol groups is 3. The van der Waals surface area contributed by atoms with Crippen molar-refractivity contribution in [2.24, 2.45) is 29.6 Å². The molecule has 15 heavy (non-hydrogen) atoms. The van der Waals surface area contributed by atoms with Gasteiger partial charge in [-0.05, 0) is 42.4 Å². The molecule has 0 saturated heterocycles. The molecule has 0 aromatic heterocycles. The molecular weight excluding hydrogens is 244 g/mol. The van der Waals surface area contributed by atoms with Crippen molar-refractivity contribution >= 4 is 37.9 Å². The van der Waals surface area contributed by atoms with Gasteiger partial charge in [0.15, 0.2) is 0 Å². The number of hydrogen-bond acceptors (Lipinski definition) is 4. The molecule has 3 saturated carbocycles. The second-order valence-electron chi connectivity index (χ2n) is 5.46. The van der Waals surface area contributed by atoms with Gasteiger partial charge in [-0.3, -0.25) is 0 Å². The fourth-order valence-electron chi connectivity index (χ4n) is 4.44. The smallest absolute Gasteiger partial charge is 0.0462 e. The number of hydrogen-bond donors (Lipinski definition) is 4. The molecule has 8 unspecified atom stereocenters. The fraction of sp³-hybridized carbons (Fsp3) is 1.00. The predicted octanol–water partition coefficient (Wildman–Crippen LogP) is 1.78. The molecule has 1 nitrogen and oxygen atoms in total. The summed E-state index contributed by atoms with van der Waals surface area (Å²) in [4.78, 5) is 0. The highest BCUT2D eigenvalue weighted by Crippen LogP contribution is 2.63. The van der Waals surface area contributed by atoms with E-state index >= 15 is 0 Å². The zero-order valence-electron chi connectivity index (χ0n) is 8.53. The molecule has 1 N–H and O–H groups in total. The van der Waals surface area contributed by atoms with Gasteiger partial charge in [0.2, 0.25) is 0 Å². The van der Waals surface area contributed by atoms with Gasteiger partial charge in [0, 0.05) is 22.4 Å². The Bertz CT molecular complexity index is 273. The Morgan fingerprint density at radius 2 is 1.60 bits per heavy atom. The van der Waals surface area contributed by atoms with Gasteiger partial charge >= 0.3 is 0 Å². The largest absolute Gasteiger partial charge is 0.396 e. The summed E-state index contributed by atoms with van der Waals surface area (Å²) in [5.74, 6) is 3.39. The van der Waals surface area contributed by atoms with Crippen molar-refractivity contribution in [3.63, 3.8) is 0 Å². The highest BCUT2D eigenvalue weighted by Gasteiger charge is 2.61. The number of aliphatic hydroxyl groups excluding tert-OH is 1. The number of fused-ring (bicyclic) bond motifs is 5. The van der Waals surface area contributed by atoms with Gasteiger partial charge in [-0.2, -0.15) is 37.9 Å². The molecule has 3 aliphatic carbocycles. The van der Waals surface area contributed by atoms with Crippen LogP contribution in [0.4, 0.5) is 0 Å². The summed E-state index contributed by atoms with van der Waals surface area (Å²) >= 11 is 14.1. The molecule has 0 heterocycles. The molecule has 0 spiro atoms. The van der Waals surface area contributed by atoms with E-state index in [1.807, 2.05) is 0 Å². The van der Waals surface area contributed by atoms with Crippen molar-refractivity contribution in [1.82, 2.24) is 0 Å². The van der Waals surface area contributed by atoms with Crippen LogP contribution in [0.15, 0.2) is 0 Å². The number of aliphatic hydroxyl groups is 1. The van der Waals surface area contributed by atoms with Crippen LogP contribution in [0, 0.1) is 29.6 Å². The first kappa shape index (κ1) is 11.1. The third kappa shape index (κ3) is 1.37. The lowest BCUT2D eigenvalue weighted by molar-refractivity contribution is 0.124. The Kier molecular flexibility index (Phi) is 2.78. The molecule has 3 rings (SSSR count). The van der Waals surface area contributed by atoms with Crippen LogP contribution in [0.2, 0.25) is 0 Å². The van der Waals surface area contributed by atoms with Crippen LogP contribution in [-0.2, 0) is 0 Å². The van der Waals surface area contributed by atoms with Crippen LogP contribution in [0.1, 0.15) is 12.8 Å². The van der Waals surface area contributed by atoms with Gasteiger partial charge in [-0.25, -0.2) is 0 Å². The molecule has 0 radical (unpaired) electrons. The topological polar surface area (TPSA) is 20.2 Å². The van der Waals surface area contributed by atoms with Crippen molar-refractivity contribution in [2.45, 2.75) is 28.6 Å². The SMILES string of the molecule is OCC1CC2CC1C1C(S)C(S)C(S)C21. The molecule has 0 aromatic carbocycles. The second kappa shape index (κ2) is 3.76. The Morgan fingerprint density at radius 1 is 0.933 bits per heavy atom. The van der Waals surface area contributed by atoms with Gasteiger partial charge in [0.05, 0.1) is 0 Å². The van der Waals surface area contributed by atoms with Crippen LogP contribution in [0.25, 0.3) is 0 Å². The first-order chi connectivity index (χ1) is 7.15. The lowest BCUT2D eigenvalue weighted by atomic mass is 9.76. The first-order valence-electron chi connectivity index (χ1n) is 5.80. The maximum absolute atomic E-state index is 9.36. The van der Waals surface area contributed by atoms with E-state index in [1.54, 1.807) is 0 Å². The summed E-state index contributed by atoms with van der Waals surface area (Å²) < 4.78 is 0. The lowest BCUT2D eigenvalue weighted by Crippen LogP contribution is -2.32. The van der Waals surface area contributed by atoms with E-state index in [-0.39, 0.29) is 0 Å². The summed E-state index contributed by atoms with van der Waals surface area (Å²) in [6.07, 6.45) is 2.51. The predicted molar refractivity (Wildman–Crippen MR) is 72.1 cm³/mol. The maximum Gasteiger partial charge on any atom is 0.0462 e. The summed E-state index contributed by atoms with van der Waals surface area (Å²) in [5, 5.41) is 10.5.